The lowest BCUT2D eigenvalue weighted by Gasteiger charge is -2.27. The van der Waals surface area contributed by atoms with Crippen LogP contribution in [-0.2, 0) is 11.8 Å². The molecule has 5 nitrogen and oxygen atoms in total. The van der Waals surface area contributed by atoms with Crippen molar-refractivity contribution >= 4 is 11.8 Å². The van der Waals surface area contributed by atoms with E-state index in [0.717, 1.165) is 30.4 Å². The summed E-state index contributed by atoms with van der Waals surface area (Å²) in [6.45, 7) is 6.44. The minimum Gasteiger partial charge on any atom is -0.345 e. The molecule has 27 heavy (non-hydrogen) atoms. The van der Waals surface area contributed by atoms with Gasteiger partial charge in [0.1, 0.15) is 0 Å². The Kier molecular flexibility index (Phi) is 5.33. The Balaban J connectivity index is 1.77. The minimum atomic E-state index is -0.525. The number of hydrogen-bond acceptors (Lipinski definition) is 3. The van der Waals surface area contributed by atoms with Crippen molar-refractivity contribution in [1.82, 2.24) is 10.8 Å². The van der Waals surface area contributed by atoms with Crippen LogP contribution in [-0.4, -0.2) is 17.0 Å². The molecule has 0 aromatic heterocycles. The number of carbonyl (C=O) groups is 2. The van der Waals surface area contributed by atoms with Crippen LogP contribution in [0.4, 0.5) is 0 Å². The molecular weight excluding hydrogens is 340 g/mol. The van der Waals surface area contributed by atoms with Crippen molar-refractivity contribution < 1.29 is 14.8 Å². The van der Waals surface area contributed by atoms with Gasteiger partial charge in [0.2, 0.25) is 0 Å². The molecule has 1 unspecified atom stereocenters. The number of aryl methyl sites for hydroxylation is 1. The molecule has 0 bridgehead atoms. The first-order valence-electron chi connectivity index (χ1n) is 9.28. The molecule has 1 atom stereocenters. The molecule has 0 saturated heterocycles. The van der Waals surface area contributed by atoms with Crippen LogP contribution in [0.2, 0.25) is 0 Å². The standard InChI is InChI=1S/C22H26N2O3/c1-22(2,3)17-10-7-14(8-11-17)20(25)23-19-6-4-5-15-13-16(21(26)24-27)9-12-18(15)19/h7-13,19,27H,4-6H2,1-3H3,(H,23,25)(H,24,26). The molecule has 1 aliphatic carbocycles. The molecule has 3 rings (SSSR count). The topological polar surface area (TPSA) is 78.4 Å². The number of amides is 2. The molecule has 2 aromatic carbocycles. The SMILES string of the molecule is CC(C)(C)c1ccc(C(=O)NC2CCCc3cc(C(=O)NO)ccc32)cc1. The fourth-order valence-electron chi connectivity index (χ4n) is 3.53. The third-order valence-electron chi connectivity index (χ3n) is 5.14. The molecule has 5 heteroatoms. The zero-order chi connectivity index (χ0) is 19.6. The molecule has 1 aliphatic rings. The summed E-state index contributed by atoms with van der Waals surface area (Å²) < 4.78 is 0. The number of rotatable bonds is 3. The Morgan fingerprint density at radius 3 is 2.30 bits per heavy atom. The zero-order valence-electron chi connectivity index (χ0n) is 16.0. The molecule has 142 valence electrons. The third kappa shape index (κ3) is 4.19. The molecule has 3 N–H and O–H groups in total. The Morgan fingerprint density at radius 1 is 1.00 bits per heavy atom. The normalized spacial score (nSPS) is 16.4. The van der Waals surface area contributed by atoms with Gasteiger partial charge in [0.05, 0.1) is 6.04 Å². The average molecular weight is 366 g/mol. The van der Waals surface area contributed by atoms with Gasteiger partial charge in [0.25, 0.3) is 11.8 Å². The van der Waals surface area contributed by atoms with E-state index in [-0.39, 0.29) is 17.4 Å². The Morgan fingerprint density at radius 2 is 1.67 bits per heavy atom. The predicted octanol–water partition coefficient (Wildman–Crippen LogP) is 3.91. The summed E-state index contributed by atoms with van der Waals surface area (Å²) in [7, 11) is 0. The Bertz CT molecular complexity index is 851. The van der Waals surface area contributed by atoms with E-state index in [0.29, 0.717) is 11.1 Å². The first-order valence-corrected chi connectivity index (χ1v) is 9.28. The van der Waals surface area contributed by atoms with Gasteiger partial charge in [-0.15, -0.1) is 0 Å². The molecule has 0 saturated carbocycles. The second kappa shape index (κ2) is 7.53. The van der Waals surface area contributed by atoms with Crippen LogP contribution in [0.15, 0.2) is 42.5 Å². The van der Waals surface area contributed by atoms with E-state index >= 15 is 0 Å². The lowest BCUT2D eigenvalue weighted by molar-refractivity contribution is 0.0706. The maximum atomic E-state index is 12.7. The van der Waals surface area contributed by atoms with Crippen molar-refractivity contribution in [3.05, 3.63) is 70.3 Å². The number of nitrogens with one attached hydrogen (secondary N) is 2. The quantitative estimate of drug-likeness (QED) is 0.569. The van der Waals surface area contributed by atoms with Gasteiger partial charge in [-0.3, -0.25) is 14.8 Å². The van der Waals surface area contributed by atoms with Crippen molar-refractivity contribution in [3.63, 3.8) is 0 Å². The molecule has 0 aliphatic heterocycles. The summed E-state index contributed by atoms with van der Waals surface area (Å²) in [6, 6.07) is 13.0. The lowest BCUT2D eigenvalue weighted by Crippen LogP contribution is -2.31. The van der Waals surface area contributed by atoms with Crippen LogP contribution in [0.5, 0.6) is 0 Å². The van der Waals surface area contributed by atoms with Gasteiger partial charge in [-0.2, -0.15) is 0 Å². The van der Waals surface area contributed by atoms with E-state index in [1.165, 1.54) is 5.56 Å². The van der Waals surface area contributed by atoms with Crippen molar-refractivity contribution in [1.29, 1.82) is 0 Å². The highest BCUT2D eigenvalue weighted by Crippen LogP contribution is 2.31. The first kappa shape index (κ1) is 19.1. The number of carbonyl (C=O) groups excluding carboxylic acids is 2. The van der Waals surface area contributed by atoms with Crippen LogP contribution < -0.4 is 10.8 Å². The average Bonchev–Trinajstić information content (AvgIpc) is 2.66. The highest BCUT2D eigenvalue weighted by molar-refractivity contribution is 5.95. The monoisotopic (exact) mass is 366 g/mol. The Hall–Kier alpha value is -2.66. The summed E-state index contributed by atoms with van der Waals surface area (Å²) in [5, 5.41) is 11.9. The molecule has 2 aromatic rings. The van der Waals surface area contributed by atoms with Crippen LogP contribution in [0.1, 0.15) is 77.1 Å². The van der Waals surface area contributed by atoms with Crippen LogP contribution in [0.3, 0.4) is 0 Å². The van der Waals surface area contributed by atoms with Crippen molar-refractivity contribution in [2.45, 2.75) is 51.5 Å². The van der Waals surface area contributed by atoms with Crippen molar-refractivity contribution in [3.8, 4) is 0 Å². The van der Waals surface area contributed by atoms with E-state index < -0.39 is 5.91 Å². The van der Waals surface area contributed by atoms with Gasteiger partial charge >= 0.3 is 0 Å². The smallest absolute Gasteiger partial charge is 0.274 e. The molecule has 0 heterocycles. The molecule has 2 amide bonds. The minimum absolute atomic E-state index is 0.0515. The third-order valence-corrected chi connectivity index (χ3v) is 5.14. The molecule has 0 radical (unpaired) electrons. The lowest BCUT2D eigenvalue weighted by atomic mass is 9.86. The van der Waals surface area contributed by atoms with Crippen LogP contribution in [0, 0.1) is 0 Å². The van der Waals surface area contributed by atoms with Gasteiger partial charge in [-0.1, -0.05) is 39.0 Å². The summed E-state index contributed by atoms with van der Waals surface area (Å²) >= 11 is 0. The summed E-state index contributed by atoms with van der Waals surface area (Å²) in [5.41, 5.74) is 6.04. The highest BCUT2D eigenvalue weighted by Gasteiger charge is 2.23. The first-order chi connectivity index (χ1) is 12.8. The maximum absolute atomic E-state index is 12.7. The maximum Gasteiger partial charge on any atom is 0.274 e. The van der Waals surface area contributed by atoms with Gasteiger partial charge < -0.3 is 5.32 Å². The predicted molar refractivity (Wildman–Crippen MR) is 104 cm³/mol. The van der Waals surface area contributed by atoms with Crippen molar-refractivity contribution in [2.75, 3.05) is 0 Å². The van der Waals surface area contributed by atoms with E-state index in [9.17, 15) is 9.59 Å². The molecule has 0 spiro atoms. The second-order valence-electron chi connectivity index (χ2n) is 8.10. The number of benzene rings is 2. The van der Waals surface area contributed by atoms with Crippen molar-refractivity contribution in [2.24, 2.45) is 0 Å². The van der Waals surface area contributed by atoms with Crippen LogP contribution in [0.25, 0.3) is 0 Å². The fraction of sp³-hybridized carbons (Fsp3) is 0.364. The van der Waals surface area contributed by atoms with Gasteiger partial charge in [0, 0.05) is 11.1 Å². The summed E-state index contributed by atoms with van der Waals surface area (Å²) in [6.07, 6.45) is 2.66. The van der Waals surface area contributed by atoms with E-state index in [1.807, 2.05) is 30.3 Å². The van der Waals surface area contributed by atoms with E-state index in [1.54, 1.807) is 17.6 Å². The molecule has 0 fully saturated rings. The number of hydroxylamine groups is 1. The molecular formula is C22H26N2O3. The Labute approximate surface area is 159 Å². The highest BCUT2D eigenvalue weighted by atomic mass is 16.5. The van der Waals surface area contributed by atoms with E-state index in [4.69, 9.17) is 5.21 Å². The summed E-state index contributed by atoms with van der Waals surface area (Å²) in [5.74, 6) is -0.617. The van der Waals surface area contributed by atoms with Gasteiger partial charge in [0.15, 0.2) is 0 Å². The largest absolute Gasteiger partial charge is 0.345 e. The van der Waals surface area contributed by atoms with E-state index in [2.05, 4.69) is 26.1 Å². The number of hydrogen-bond donors (Lipinski definition) is 3. The number of fused-ring (bicyclic) bond motifs is 1. The van der Waals surface area contributed by atoms with Gasteiger partial charge in [-0.05, 0) is 65.6 Å². The second-order valence-corrected chi connectivity index (χ2v) is 8.10. The van der Waals surface area contributed by atoms with Gasteiger partial charge in [-0.25, -0.2) is 5.48 Å². The zero-order valence-corrected chi connectivity index (χ0v) is 16.0. The van der Waals surface area contributed by atoms with Crippen LogP contribution >= 0.6 is 0 Å². The fourth-order valence-corrected chi connectivity index (χ4v) is 3.53. The summed E-state index contributed by atoms with van der Waals surface area (Å²) in [4.78, 5) is 24.3.